The Labute approximate surface area is 146 Å². The summed E-state index contributed by atoms with van der Waals surface area (Å²) in [5, 5.41) is 13.8. The van der Waals surface area contributed by atoms with Gasteiger partial charge in [-0.25, -0.2) is 0 Å². The molecule has 25 heavy (non-hydrogen) atoms. The van der Waals surface area contributed by atoms with Crippen LogP contribution in [0.3, 0.4) is 0 Å². The van der Waals surface area contributed by atoms with Crippen LogP contribution >= 0.6 is 0 Å². The number of aromatic nitrogens is 3. The van der Waals surface area contributed by atoms with Crippen molar-refractivity contribution in [1.29, 1.82) is 0 Å². The van der Waals surface area contributed by atoms with Crippen LogP contribution in [0.25, 0.3) is 5.82 Å². The van der Waals surface area contributed by atoms with Gasteiger partial charge in [0.1, 0.15) is 11.4 Å². The topological polar surface area (TPSA) is 80.4 Å². The van der Waals surface area contributed by atoms with Crippen molar-refractivity contribution in [3.8, 4) is 5.82 Å². The summed E-state index contributed by atoms with van der Waals surface area (Å²) in [5.74, 6) is -0.302. The number of nitrogens with zero attached hydrogens (tertiary/aromatic N) is 4. The number of rotatable bonds is 3. The predicted octanol–water partition coefficient (Wildman–Crippen LogP) is 2.15. The van der Waals surface area contributed by atoms with Gasteiger partial charge in [-0.05, 0) is 45.7 Å². The van der Waals surface area contributed by atoms with E-state index in [2.05, 4.69) is 5.10 Å². The molecule has 0 saturated carbocycles. The molecule has 2 aromatic heterocycles. The molecule has 1 aliphatic rings. The molecule has 2 aromatic rings. The number of carbonyl (C=O) groups excluding carboxylic acids is 1. The monoisotopic (exact) mass is 344 g/mol. The first kappa shape index (κ1) is 17.3. The molecule has 1 aliphatic heterocycles. The number of aryl methyl sites for hydroxylation is 3. The number of likely N-dealkylation sites (tertiary alicyclic amines) is 1. The first-order chi connectivity index (χ1) is 11.7. The highest BCUT2D eigenvalue weighted by Gasteiger charge is 2.40. The molecule has 3 rings (SSSR count). The van der Waals surface area contributed by atoms with Crippen LogP contribution in [0, 0.1) is 19.3 Å². The Balaban J connectivity index is 1.98. The number of hydrogen-bond donors (Lipinski definition) is 1. The summed E-state index contributed by atoms with van der Waals surface area (Å²) in [7, 11) is 1.81. The number of aliphatic carboxylic acids is 1. The Morgan fingerprint density at radius 3 is 2.48 bits per heavy atom. The Morgan fingerprint density at radius 1 is 1.24 bits per heavy atom. The maximum absolute atomic E-state index is 13.1. The zero-order chi connectivity index (χ0) is 18.4. The zero-order valence-electron chi connectivity index (χ0n) is 15.1. The molecule has 1 N–H and O–H groups in total. The maximum Gasteiger partial charge on any atom is 0.311 e. The minimum Gasteiger partial charge on any atom is -0.481 e. The van der Waals surface area contributed by atoms with Gasteiger partial charge in [0.05, 0.1) is 11.6 Å². The number of piperidine rings is 1. The lowest BCUT2D eigenvalue weighted by molar-refractivity contribution is -0.150. The van der Waals surface area contributed by atoms with E-state index in [1.54, 1.807) is 22.7 Å². The van der Waals surface area contributed by atoms with Crippen molar-refractivity contribution in [2.75, 3.05) is 13.1 Å². The lowest BCUT2D eigenvalue weighted by atomic mass is 9.82. The second-order valence-electron chi connectivity index (χ2n) is 7.15. The summed E-state index contributed by atoms with van der Waals surface area (Å²) in [6.45, 7) is 6.46. The summed E-state index contributed by atoms with van der Waals surface area (Å²) in [5.41, 5.74) is 1.64. The van der Waals surface area contributed by atoms with Crippen molar-refractivity contribution in [2.45, 2.75) is 33.6 Å². The summed E-state index contributed by atoms with van der Waals surface area (Å²) >= 11 is 0. The molecule has 1 unspecified atom stereocenters. The Kier molecular flexibility index (Phi) is 4.18. The molecule has 7 heteroatoms. The molecule has 0 aliphatic carbocycles. The highest BCUT2D eigenvalue weighted by molar-refractivity contribution is 5.97. The smallest absolute Gasteiger partial charge is 0.311 e. The van der Waals surface area contributed by atoms with E-state index in [0.717, 1.165) is 11.4 Å². The lowest BCUT2D eigenvalue weighted by Gasteiger charge is -2.37. The van der Waals surface area contributed by atoms with Gasteiger partial charge >= 0.3 is 5.97 Å². The fourth-order valence-corrected chi connectivity index (χ4v) is 3.61. The molecular weight excluding hydrogens is 320 g/mol. The number of carboxylic acids is 1. The average molecular weight is 344 g/mol. The third-order valence-corrected chi connectivity index (χ3v) is 5.12. The van der Waals surface area contributed by atoms with E-state index in [4.69, 9.17) is 0 Å². The maximum atomic E-state index is 13.1. The fraction of sp³-hybridized carbons (Fsp3) is 0.500. The van der Waals surface area contributed by atoms with E-state index >= 15 is 0 Å². The van der Waals surface area contributed by atoms with E-state index in [1.165, 1.54) is 0 Å². The van der Waals surface area contributed by atoms with Crippen molar-refractivity contribution in [3.05, 3.63) is 35.3 Å². The Bertz CT molecular complexity index is 816. The van der Waals surface area contributed by atoms with Gasteiger partial charge in [0.15, 0.2) is 0 Å². The van der Waals surface area contributed by atoms with Crippen LogP contribution in [-0.4, -0.2) is 49.3 Å². The van der Waals surface area contributed by atoms with Gasteiger partial charge in [0, 0.05) is 31.5 Å². The normalized spacial score (nSPS) is 20.7. The van der Waals surface area contributed by atoms with Crippen LogP contribution in [0.1, 0.15) is 41.5 Å². The quantitative estimate of drug-likeness (QED) is 0.925. The van der Waals surface area contributed by atoms with Crippen LogP contribution in [0.15, 0.2) is 18.3 Å². The fourth-order valence-electron chi connectivity index (χ4n) is 3.61. The first-order valence-electron chi connectivity index (χ1n) is 8.44. The number of carboxylic acid groups (broad SMARTS) is 1. The molecule has 1 amide bonds. The van der Waals surface area contributed by atoms with E-state index < -0.39 is 11.4 Å². The largest absolute Gasteiger partial charge is 0.481 e. The van der Waals surface area contributed by atoms with E-state index in [-0.39, 0.29) is 12.5 Å². The van der Waals surface area contributed by atoms with Crippen molar-refractivity contribution in [3.63, 3.8) is 0 Å². The molecule has 134 valence electrons. The SMILES string of the molecule is Cc1ccc(C)n1-c1c(C(=O)N2CCCC(C)(C(=O)O)C2)cnn1C. The summed E-state index contributed by atoms with van der Waals surface area (Å²) < 4.78 is 3.69. The van der Waals surface area contributed by atoms with E-state index in [9.17, 15) is 14.7 Å². The predicted molar refractivity (Wildman–Crippen MR) is 92.9 cm³/mol. The number of carbonyl (C=O) groups is 2. The van der Waals surface area contributed by atoms with Gasteiger partial charge < -0.3 is 14.6 Å². The van der Waals surface area contributed by atoms with Crippen molar-refractivity contribution >= 4 is 11.9 Å². The van der Waals surface area contributed by atoms with E-state index in [1.807, 2.05) is 37.6 Å². The van der Waals surface area contributed by atoms with Crippen LogP contribution in [0.5, 0.6) is 0 Å². The summed E-state index contributed by atoms with van der Waals surface area (Å²) in [6.07, 6.45) is 2.84. The highest BCUT2D eigenvalue weighted by Crippen LogP contribution is 2.31. The van der Waals surface area contributed by atoms with Gasteiger partial charge in [-0.3, -0.25) is 14.3 Å². The third kappa shape index (κ3) is 2.83. The van der Waals surface area contributed by atoms with Gasteiger partial charge in [0.2, 0.25) is 0 Å². The van der Waals surface area contributed by atoms with Crippen molar-refractivity contribution in [2.24, 2.45) is 12.5 Å². The molecule has 0 radical (unpaired) electrons. The first-order valence-corrected chi connectivity index (χ1v) is 8.44. The van der Waals surface area contributed by atoms with Gasteiger partial charge in [0.25, 0.3) is 5.91 Å². The number of hydrogen-bond acceptors (Lipinski definition) is 3. The second-order valence-corrected chi connectivity index (χ2v) is 7.15. The molecule has 1 fully saturated rings. The highest BCUT2D eigenvalue weighted by atomic mass is 16.4. The van der Waals surface area contributed by atoms with Gasteiger partial charge in [-0.2, -0.15) is 5.10 Å². The molecule has 7 nitrogen and oxygen atoms in total. The minimum absolute atomic E-state index is 0.164. The molecule has 3 heterocycles. The van der Waals surface area contributed by atoms with Gasteiger partial charge in [-0.1, -0.05) is 0 Å². The molecule has 1 saturated heterocycles. The van der Waals surface area contributed by atoms with Crippen LogP contribution < -0.4 is 0 Å². The van der Waals surface area contributed by atoms with Crippen molar-refractivity contribution in [1.82, 2.24) is 19.2 Å². The van der Waals surface area contributed by atoms with Crippen molar-refractivity contribution < 1.29 is 14.7 Å². The molecule has 0 spiro atoms. The second kappa shape index (κ2) is 6.06. The number of amides is 1. The Hall–Kier alpha value is -2.57. The van der Waals surface area contributed by atoms with Crippen LogP contribution in [0.4, 0.5) is 0 Å². The lowest BCUT2D eigenvalue weighted by Crippen LogP contribution is -2.48. The molecule has 0 aromatic carbocycles. The Morgan fingerprint density at radius 2 is 1.88 bits per heavy atom. The zero-order valence-corrected chi connectivity index (χ0v) is 15.1. The molecule has 1 atom stereocenters. The van der Waals surface area contributed by atoms with E-state index in [0.29, 0.717) is 30.8 Å². The molecular formula is C18H24N4O3. The standard InChI is InChI=1S/C18H24N4O3/c1-12-6-7-13(2)22(12)15-14(10-19-20(15)4)16(23)21-9-5-8-18(3,11-21)17(24)25/h6-7,10H,5,8-9,11H2,1-4H3,(H,24,25). The van der Waals surface area contributed by atoms with Crippen LogP contribution in [0.2, 0.25) is 0 Å². The van der Waals surface area contributed by atoms with Gasteiger partial charge in [-0.15, -0.1) is 0 Å². The molecule has 0 bridgehead atoms. The third-order valence-electron chi connectivity index (χ3n) is 5.12. The average Bonchev–Trinajstić information content (AvgIpc) is 3.09. The summed E-state index contributed by atoms with van der Waals surface area (Å²) in [6, 6.07) is 4.00. The van der Waals surface area contributed by atoms with Crippen LogP contribution in [-0.2, 0) is 11.8 Å². The summed E-state index contributed by atoms with van der Waals surface area (Å²) in [4.78, 5) is 26.3. The minimum atomic E-state index is -0.893.